The van der Waals surface area contributed by atoms with Crippen molar-refractivity contribution in [3.63, 3.8) is 0 Å². The third kappa shape index (κ3) is 5.02. The van der Waals surface area contributed by atoms with Gasteiger partial charge in [-0.25, -0.2) is 8.42 Å². The van der Waals surface area contributed by atoms with Crippen molar-refractivity contribution in [2.75, 3.05) is 0 Å². The number of aromatic nitrogens is 2. The van der Waals surface area contributed by atoms with Crippen molar-refractivity contribution < 1.29 is 26.4 Å². The summed E-state index contributed by atoms with van der Waals surface area (Å²) in [5.74, 6) is -0.513. The van der Waals surface area contributed by atoms with E-state index in [9.17, 15) is 26.4 Å². The van der Waals surface area contributed by atoms with Gasteiger partial charge in [-0.15, -0.1) is 0 Å². The minimum absolute atomic E-state index is 0.0256. The predicted octanol–water partition coefficient (Wildman–Crippen LogP) is 5.54. The van der Waals surface area contributed by atoms with Gasteiger partial charge in [-0.2, -0.15) is 13.2 Å². The Bertz CT molecular complexity index is 1540. The third-order valence-corrected chi connectivity index (χ3v) is 8.11. The number of carbonyl (C=O) groups excluding carboxylic acids is 1. The SMILES string of the molecule is O=C(Cc1ccc2cncc(C(F)(F)F)c2c1)[C@@H]1CC1c1ccc(S(=O)(=O)Cc2ccccn2)cc1. The minimum atomic E-state index is -4.53. The second-order valence-electron chi connectivity index (χ2n) is 8.98. The maximum absolute atomic E-state index is 13.4. The Morgan fingerprint density at radius 1 is 1.00 bits per heavy atom. The summed E-state index contributed by atoms with van der Waals surface area (Å²) in [6.45, 7) is 0. The zero-order valence-corrected chi connectivity index (χ0v) is 19.8. The fraction of sp³-hybridized carbons (Fsp3) is 0.222. The normalized spacial score (nSPS) is 17.8. The van der Waals surface area contributed by atoms with Gasteiger partial charge in [-0.3, -0.25) is 14.8 Å². The fourth-order valence-electron chi connectivity index (χ4n) is 4.48. The van der Waals surface area contributed by atoms with Gasteiger partial charge in [0.05, 0.1) is 21.9 Å². The van der Waals surface area contributed by atoms with Gasteiger partial charge in [0.25, 0.3) is 0 Å². The number of ketones is 1. The summed E-state index contributed by atoms with van der Waals surface area (Å²) in [5, 5.41) is 0.390. The van der Waals surface area contributed by atoms with E-state index in [1.165, 1.54) is 12.3 Å². The number of rotatable bonds is 7. The Labute approximate surface area is 205 Å². The average molecular weight is 511 g/mol. The number of halogens is 3. The van der Waals surface area contributed by atoms with Gasteiger partial charge < -0.3 is 0 Å². The molecule has 1 unspecified atom stereocenters. The van der Waals surface area contributed by atoms with Gasteiger partial charge in [-0.05, 0) is 59.2 Å². The molecule has 4 aromatic rings. The van der Waals surface area contributed by atoms with Crippen LogP contribution in [-0.4, -0.2) is 24.2 Å². The van der Waals surface area contributed by atoms with Crippen molar-refractivity contribution in [2.45, 2.75) is 35.6 Å². The first-order valence-corrected chi connectivity index (χ1v) is 13.0. The number of hydrogen-bond donors (Lipinski definition) is 0. The van der Waals surface area contributed by atoms with Crippen molar-refractivity contribution in [1.82, 2.24) is 9.97 Å². The van der Waals surface area contributed by atoms with E-state index in [4.69, 9.17) is 0 Å². The van der Waals surface area contributed by atoms with Crippen LogP contribution in [0.25, 0.3) is 10.8 Å². The summed E-state index contributed by atoms with van der Waals surface area (Å²) in [7, 11) is -3.55. The topological polar surface area (TPSA) is 77.0 Å². The summed E-state index contributed by atoms with van der Waals surface area (Å²) in [4.78, 5) is 20.8. The molecule has 184 valence electrons. The van der Waals surface area contributed by atoms with Crippen LogP contribution < -0.4 is 0 Å². The summed E-state index contributed by atoms with van der Waals surface area (Å²) in [5.41, 5.74) is 1.03. The molecular formula is C27H21F3N2O3S. The summed E-state index contributed by atoms with van der Waals surface area (Å²) in [6, 6.07) is 16.3. The molecule has 2 atom stereocenters. The number of fused-ring (bicyclic) bond motifs is 1. The van der Waals surface area contributed by atoms with Gasteiger partial charge in [0.15, 0.2) is 9.84 Å². The molecule has 2 heterocycles. The molecule has 5 rings (SSSR count). The van der Waals surface area contributed by atoms with E-state index < -0.39 is 21.6 Å². The van der Waals surface area contributed by atoms with Crippen molar-refractivity contribution >= 4 is 26.4 Å². The number of sulfone groups is 1. The van der Waals surface area contributed by atoms with E-state index in [1.807, 2.05) is 0 Å². The molecule has 0 saturated heterocycles. The molecule has 0 bridgehead atoms. The molecule has 5 nitrogen and oxygen atoms in total. The van der Waals surface area contributed by atoms with Crippen molar-refractivity contribution in [2.24, 2.45) is 5.92 Å². The first kappa shape index (κ1) is 24.1. The summed E-state index contributed by atoms with van der Waals surface area (Å²) >= 11 is 0. The molecule has 0 spiro atoms. The molecule has 1 fully saturated rings. The van der Waals surface area contributed by atoms with E-state index in [1.54, 1.807) is 60.8 Å². The van der Waals surface area contributed by atoms with E-state index in [0.29, 0.717) is 23.1 Å². The van der Waals surface area contributed by atoms with Crippen LogP contribution >= 0.6 is 0 Å². The zero-order chi connectivity index (χ0) is 25.5. The first-order chi connectivity index (χ1) is 17.1. The largest absolute Gasteiger partial charge is 0.418 e. The highest BCUT2D eigenvalue weighted by atomic mass is 32.2. The van der Waals surface area contributed by atoms with Gasteiger partial charge >= 0.3 is 6.18 Å². The maximum Gasteiger partial charge on any atom is 0.418 e. The highest BCUT2D eigenvalue weighted by molar-refractivity contribution is 7.90. The van der Waals surface area contributed by atoms with Crippen LogP contribution in [0.3, 0.4) is 0 Å². The van der Waals surface area contributed by atoms with Crippen molar-refractivity contribution in [3.8, 4) is 0 Å². The van der Waals surface area contributed by atoms with Crippen molar-refractivity contribution in [1.29, 1.82) is 0 Å². The fourth-order valence-corrected chi connectivity index (χ4v) is 5.76. The Hall–Kier alpha value is -3.59. The summed E-state index contributed by atoms with van der Waals surface area (Å²) in [6.07, 6.45) is -0.160. The lowest BCUT2D eigenvalue weighted by molar-refractivity contribution is -0.136. The standard InChI is InChI=1S/C27H21F3N2O3S/c28-27(29,30)25-15-31-14-19-5-4-17(11-23(19)25)12-26(33)24-13-22(24)18-6-8-21(9-7-18)36(34,35)16-20-3-1-2-10-32-20/h1-11,14-15,22,24H,12-13,16H2/t22?,24-/m1/s1. The predicted molar refractivity (Wildman–Crippen MR) is 128 cm³/mol. The monoisotopic (exact) mass is 510 g/mol. The molecule has 0 N–H and O–H groups in total. The van der Waals surface area contributed by atoms with Crippen LogP contribution in [0.15, 0.2) is 84.1 Å². The number of Topliss-reactive ketones (excluding diaryl/α,β-unsaturated/α-hetero) is 1. The highest BCUT2D eigenvalue weighted by Gasteiger charge is 2.43. The van der Waals surface area contributed by atoms with E-state index in [0.717, 1.165) is 11.8 Å². The van der Waals surface area contributed by atoms with Gasteiger partial charge in [-0.1, -0.05) is 30.3 Å². The molecule has 0 radical (unpaired) electrons. The number of carbonyl (C=O) groups is 1. The van der Waals surface area contributed by atoms with E-state index in [2.05, 4.69) is 9.97 Å². The van der Waals surface area contributed by atoms with Crippen LogP contribution in [0.2, 0.25) is 0 Å². The van der Waals surface area contributed by atoms with E-state index >= 15 is 0 Å². The lowest BCUT2D eigenvalue weighted by atomic mass is 9.99. The van der Waals surface area contributed by atoms with Crippen LogP contribution in [0, 0.1) is 5.92 Å². The maximum atomic E-state index is 13.4. The van der Waals surface area contributed by atoms with Crippen molar-refractivity contribution in [3.05, 3.63) is 102 Å². The molecule has 0 amide bonds. The van der Waals surface area contributed by atoms with Gasteiger partial charge in [0.2, 0.25) is 0 Å². The average Bonchev–Trinajstić information content (AvgIpc) is 3.65. The smallest absolute Gasteiger partial charge is 0.299 e. The Kier molecular flexibility index (Phi) is 6.12. The molecule has 9 heteroatoms. The quantitative estimate of drug-likeness (QED) is 0.326. The van der Waals surface area contributed by atoms with E-state index in [-0.39, 0.29) is 40.1 Å². The van der Waals surface area contributed by atoms with Crippen LogP contribution in [0.5, 0.6) is 0 Å². The molecule has 1 saturated carbocycles. The molecule has 1 aliphatic rings. The number of hydrogen-bond acceptors (Lipinski definition) is 5. The molecule has 36 heavy (non-hydrogen) atoms. The second kappa shape index (κ2) is 9.13. The van der Waals surface area contributed by atoms with Gasteiger partial charge in [0, 0.05) is 36.3 Å². The highest BCUT2D eigenvalue weighted by Crippen LogP contribution is 2.48. The number of benzene rings is 2. The second-order valence-corrected chi connectivity index (χ2v) is 11.0. The lowest BCUT2D eigenvalue weighted by Crippen LogP contribution is -2.09. The Balaban J connectivity index is 1.27. The first-order valence-electron chi connectivity index (χ1n) is 11.3. The molecular weight excluding hydrogens is 489 g/mol. The molecule has 2 aromatic carbocycles. The zero-order valence-electron chi connectivity index (χ0n) is 18.9. The third-order valence-electron chi connectivity index (χ3n) is 6.44. The number of nitrogens with zero attached hydrogens (tertiary/aromatic N) is 2. The molecule has 2 aromatic heterocycles. The molecule has 1 aliphatic carbocycles. The summed E-state index contributed by atoms with van der Waals surface area (Å²) < 4.78 is 65.4. The van der Waals surface area contributed by atoms with Crippen LogP contribution in [0.4, 0.5) is 13.2 Å². The molecule has 0 aliphatic heterocycles. The van der Waals surface area contributed by atoms with Crippen LogP contribution in [0.1, 0.15) is 34.7 Å². The Morgan fingerprint density at radius 3 is 2.47 bits per heavy atom. The Morgan fingerprint density at radius 2 is 1.78 bits per heavy atom. The number of pyridine rings is 2. The van der Waals surface area contributed by atoms with Crippen LogP contribution in [-0.2, 0) is 33.0 Å². The minimum Gasteiger partial charge on any atom is -0.299 e. The number of alkyl halides is 3. The van der Waals surface area contributed by atoms with Gasteiger partial charge in [0.1, 0.15) is 5.78 Å². The lowest BCUT2D eigenvalue weighted by Gasteiger charge is -2.11.